The van der Waals surface area contributed by atoms with Gasteiger partial charge in [0.1, 0.15) is 0 Å². The monoisotopic (exact) mass is 500 g/mol. The van der Waals surface area contributed by atoms with Crippen molar-refractivity contribution in [2.45, 2.75) is 16.3 Å². The van der Waals surface area contributed by atoms with Crippen molar-refractivity contribution in [1.29, 1.82) is 0 Å². The summed E-state index contributed by atoms with van der Waals surface area (Å²) in [6.07, 6.45) is 1.70. The van der Waals surface area contributed by atoms with E-state index in [-0.39, 0.29) is 23.3 Å². The van der Waals surface area contributed by atoms with Gasteiger partial charge in [0.25, 0.3) is 11.8 Å². The van der Waals surface area contributed by atoms with Gasteiger partial charge in [-0.15, -0.1) is 11.3 Å². The number of fused-ring (bicyclic) bond motifs is 2. The highest BCUT2D eigenvalue weighted by molar-refractivity contribution is 7.99. The summed E-state index contributed by atoms with van der Waals surface area (Å²) in [6.45, 7) is 1.18. The summed E-state index contributed by atoms with van der Waals surface area (Å²) < 4.78 is 23.2. The summed E-state index contributed by atoms with van der Waals surface area (Å²) in [5, 5.41) is 6.55. The van der Waals surface area contributed by atoms with Gasteiger partial charge in [-0.3, -0.25) is 9.59 Å². The van der Waals surface area contributed by atoms with Gasteiger partial charge in [0.05, 0.1) is 29.3 Å². The third kappa shape index (κ3) is 4.75. The van der Waals surface area contributed by atoms with E-state index in [0.29, 0.717) is 36.4 Å². The lowest BCUT2D eigenvalue weighted by Gasteiger charge is -2.25. The first-order chi connectivity index (χ1) is 15.9. The fourth-order valence-electron chi connectivity index (χ4n) is 3.61. The molecule has 170 valence electrons. The minimum Gasteiger partial charge on any atom is -0.347 e. The second-order valence-corrected chi connectivity index (χ2v) is 12.2. The molecule has 2 aromatic carbocycles. The average molecular weight is 501 g/mol. The molecule has 0 atom stereocenters. The second-order valence-electron chi connectivity index (χ2n) is 7.69. The van der Waals surface area contributed by atoms with Gasteiger partial charge in [0.15, 0.2) is 15.0 Å². The molecule has 5 rings (SSSR count). The third-order valence-corrected chi connectivity index (χ3v) is 9.24. The van der Waals surface area contributed by atoms with Gasteiger partial charge in [-0.2, -0.15) is 0 Å². The van der Waals surface area contributed by atoms with Crippen molar-refractivity contribution >= 4 is 55.6 Å². The average Bonchev–Trinajstić information content (AvgIpc) is 3.22. The van der Waals surface area contributed by atoms with E-state index in [9.17, 15) is 18.0 Å². The number of rotatable bonds is 4. The van der Waals surface area contributed by atoms with Crippen LogP contribution in [-0.2, 0) is 16.4 Å². The molecule has 0 bridgehead atoms. The maximum absolute atomic E-state index is 12.7. The van der Waals surface area contributed by atoms with Crippen LogP contribution < -0.4 is 15.5 Å². The molecular formula is C22H20N4O4S3. The molecular weight excluding hydrogens is 480 g/mol. The molecule has 0 radical (unpaired) electrons. The Hall–Kier alpha value is -2.89. The Morgan fingerprint density at radius 3 is 2.73 bits per heavy atom. The van der Waals surface area contributed by atoms with E-state index in [1.165, 1.54) is 23.1 Å². The molecule has 0 aliphatic carbocycles. The summed E-state index contributed by atoms with van der Waals surface area (Å²) in [5.41, 5.74) is 1.66. The zero-order valence-electron chi connectivity index (χ0n) is 17.4. The van der Waals surface area contributed by atoms with Crippen LogP contribution in [-0.4, -0.2) is 49.8 Å². The van der Waals surface area contributed by atoms with E-state index in [2.05, 4.69) is 15.6 Å². The van der Waals surface area contributed by atoms with Crippen molar-refractivity contribution in [3.63, 3.8) is 0 Å². The molecule has 1 saturated heterocycles. The highest BCUT2D eigenvalue weighted by Gasteiger charge is 2.24. The summed E-state index contributed by atoms with van der Waals surface area (Å²) in [6, 6.07) is 12.7. The molecule has 2 aliphatic rings. The molecule has 0 unspecified atom stereocenters. The van der Waals surface area contributed by atoms with Crippen LogP contribution in [0, 0.1) is 0 Å². The lowest BCUT2D eigenvalue weighted by molar-refractivity contribution is 0.0949. The van der Waals surface area contributed by atoms with Crippen LogP contribution in [0.2, 0.25) is 0 Å². The smallest absolute Gasteiger partial charge is 0.256 e. The third-order valence-electron chi connectivity index (χ3n) is 5.42. The maximum Gasteiger partial charge on any atom is 0.256 e. The first-order valence-electron chi connectivity index (χ1n) is 10.3. The maximum atomic E-state index is 12.7. The summed E-state index contributed by atoms with van der Waals surface area (Å²) >= 11 is 2.93. The Bertz CT molecular complexity index is 1340. The first-order valence-corrected chi connectivity index (χ1v) is 13.7. The Balaban J connectivity index is 1.24. The zero-order valence-corrected chi connectivity index (χ0v) is 19.9. The van der Waals surface area contributed by atoms with Crippen LogP contribution in [0.25, 0.3) is 0 Å². The van der Waals surface area contributed by atoms with Crippen LogP contribution in [0.3, 0.4) is 0 Å². The number of hydrogen-bond acceptors (Lipinski definition) is 8. The SMILES string of the molecule is O=C(NCc1cnc(N2CCS(=O)(=O)CC2)s1)c1ccc2c(c1)NC(=O)c1ccccc1S2. The Labute approximate surface area is 199 Å². The minimum atomic E-state index is -2.95. The predicted octanol–water partition coefficient (Wildman–Crippen LogP) is 3.02. The van der Waals surface area contributed by atoms with Crippen molar-refractivity contribution in [2.75, 3.05) is 34.8 Å². The van der Waals surface area contributed by atoms with Gasteiger partial charge >= 0.3 is 0 Å². The van der Waals surface area contributed by atoms with Crippen LogP contribution in [0.15, 0.2) is 58.5 Å². The molecule has 8 nitrogen and oxygen atoms in total. The number of amides is 2. The molecule has 1 aromatic heterocycles. The van der Waals surface area contributed by atoms with Crippen LogP contribution in [0.5, 0.6) is 0 Å². The van der Waals surface area contributed by atoms with Gasteiger partial charge < -0.3 is 15.5 Å². The van der Waals surface area contributed by atoms with Crippen molar-refractivity contribution in [2.24, 2.45) is 0 Å². The lowest BCUT2D eigenvalue weighted by Crippen LogP contribution is -2.40. The van der Waals surface area contributed by atoms with Gasteiger partial charge in [0, 0.05) is 39.5 Å². The van der Waals surface area contributed by atoms with Crippen LogP contribution >= 0.6 is 23.1 Å². The van der Waals surface area contributed by atoms with Gasteiger partial charge in [-0.25, -0.2) is 13.4 Å². The molecule has 11 heteroatoms. The number of hydrogen-bond donors (Lipinski definition) is 2. The number of benzene rings is 2. The fourth-order valence-corrected chi connectivity index (χ4v) is 6.72. The molecule has 0 saturated carbocycles. The van der Waals surface area contributed by atoms with Crippen molar-refractivity contribution in [3.05, 3.63) is 64.7 Å². The van der Waals surface area contributed by atoms with E-state index in [1.54, 1.807) is 24.4 Å². The number of aromatic nitrogens is 1. The number of nitrogens with one attached hydrogen (secondary N) is 2. The molecule has 2 amide bonds. The van der Waals surface area contributed by atoms with E-state index in [0.717, 1.165) is 19.8 Å². The molecule has 0 spiro atoms. The van der Waals surface area contributed by atoms with Crippen molar-refractivity contribution in [1.82, 2.24) is 10.3 Å². The highest BCUT2D eigenvalue weighted by Crippen LogP contribution is 2.39. The second kappa shape index (κ2) is 8.81. The topological polar surface area (TPSA) is 108 Å². The number of carbonyl (C=O) groups excluding carboxylic acids is 2. The normalized spacial score (nSPS) is 16.8. The van der Waals surface area contributed by atoms with Crippen LogP contribution in [0.4, 0.5) is 10.8 Å². The van der Waals surface area contributed by atoms with E-state index >= 15 is 0 Å². The van der Waals surface area contributed by atoms with Gasteiger partial charge in [0.2, 0.25) is 0 Å². The van der Waals surface area contributed by atoms with Gasteiger partial charge in [-0.1, -0.05) is 23.9 Å². The Morgan fingerprint density at radius 2 is 1.91 bits per heavy atom. The van der Waals surface area contributed by atoms with E-state index in [4.69, 9.17) is 0 Å². The molecule has 2 N–H and O–H groups in total. The summed E-state index contributed by atoms with van der Waals surface area (Å²) in [4.78, 5) is 34.3. The number of sulfone groups is 1. The van der Waals surface area contributed by atoms with E-state index in [1.807, 2.05) is 29.2 Å². The Morgan fingerprint density at radius 1 is 1.12 bits per heavy atom. The molecule has 2 aliphatic heterocycles. The van der Waals surface area contributed by atoms with Crippen molar-refractivity contribution in [3.8, 4) is 0 Å². The first kappa shape index (κ1) is 21.9. The minimum absolute atomic E-state index is 0.136. The summed E-state index contributed by atoms with van der Waals surface area (Å²) in [7, 11) is -2.95. The highest BCUT2D eigenvalue weighted by atomic mass is 32.2. The largest absolute Gasteiger partial charge is 0.347 e. The number of nitrogens with zero attached hydrogens (tertiary/aromatic N) is 2. The Kier molecular flexibility index (Phi) is 5.85. The molecule has 3 aromatic rings. The number of carbonyl (C=O) groups is 2. The van der Waals surface area contributed by atoms with Gasteiger partial charge in [-0.05, 0) is 30.3 Å². The van der Waals surface area contributed by atoms with E-state index < -0.39 is 9.84 Å². The van der Waals surface area contributed by atoms with Crippen molar-refractivity contribution < 1.29 is 18.0 Å². The standard InChI is InChI=1S/C22H20N4O4S3/c27-20(23-12-15-13-24-22(31-15)26-7-9-33(29,30)10-8-26)14-5-6-19-17(11-14)25-21(28)16-3-1-2-4-18(16)32-19/h1-6,11,13H,7-10,12H2,(H,23,27)(H,25,28). The molecule has 3 heterocycles. The number of thiazole rings is 1. The zero-order chi connectivity index (χ0) is 23.0. The number of anilines is 2. The fraction of sp³-hybridized carbons (Fsp3) is 0.227. The molecule has 1 fully saturated rings. The summed E-state index contributed by atoms with van der Waals surface area (Å²) in [5.74, 6) is -0.178. The molecule has 33 heavy (non-hydrogen) atoms. The predicted molar refractivity (Wildman–Crippen MR) is 129 cm³/mol. The van der Waals surface area contributed by atoms with Crippen LogP contribution in [0.1, 0.15) is 25.6 Å². The quantitative estimate of drug-likeness (QED) is 0.567. The lowest BCUT2D eigenvalue weighted by atomic mass is 10.1.